The van der Waals surface area contributed by atoms with Crippen molar-refractivity contribution in [3.05, 3.63) is 24.3 Å². The van der Waals surface area contributed by atoms with Gasteiger partial charge in [-0.3, -0.25) is 28.0 Å². The summed E-state index contributed by atoms with van der Waals surface area (Å²) in [6.07, 6.45) is 0.204. The lowest BCUT2D eigenvalue weighted by atomic mass is 10.3. The number of rotatable bonds is 15. The van der Waals surface area contributed by atoms with Gasteiger partial charge in [-0.25, -0.2) is 4.57 Å². The normalized spacial score (nSPS) is 10.8. The molecule has 28 heavy (non-hydrogen) atoms. The van der Waals surface area contributed by atoms with E-state index >= 15 is 0 Å². The van der Waals surface area contributed by atoms with Crippen LogP contribution in [-0.2, 0) is 37.3 Å². The molecule has 0 aromatic heterocycles. The highest BCUT2D eigenvalue weighted by atomic mass is 31.2. The molecule has 0 saturated heterocycles. The van der Waals surface area contributed by atoms with Crippen LogP contribution in [-0.4, -0.2) is 57.3 Å². The molecule has 2 N–H and O–H groups in total. The van der Waals surface area contributed by atoms with E-state index < -0.39 is 13.8 Å². The van der Waals surface area contributed by atoms with Crippen LogP contribution in [0.15, 0.2) is 24.3 Å². The number of carbonyl (C=O) groups excluding carboxylic acids is 3. The van der Waals surface area contributed by atoms with E-state index in [9.17, 15) is 18.9 Å². The predicted octanol–water partition coefficient (Wildman–Crippen LogP) is 1.48. The second-order valence-electron chi connectivity index (χ2n) is 5.59. The Bertz CT molecular complexity index is 582. The predicted molar refractivity (Wildman–Crippen MR) is 102 cm³/mol. The topological polar surface area (TPSA) is 129 Å². The third-order valence-corrected chi connectivity index (χ3v) is 4.43. The van der Waals surface area contributed by atoms with Crippen LogP contribution in [0.2, 0.25) is 0 Å². The van der Waals surface area contributed by atoms with Gasteiger partial charge in [-0.1, -0.05) is 20.1 Å². The molecule has 0 saturated carbocycles. The molecule has 0 spiro atoms. The van der Waals surface area contributed by atoms with Crippen molar-refractivity contribution in [3.63, 3.8) is 0 Å². The number of amides is 2. The second kappa shape index (κ2) is 14.1. The minimum Gasteiger partial charge on any atom is -0.463 e. The molecule has 10 nitrogen and oxygen atoms in total. The van der Waals surface area contributed by atoms with Crippen LogP contribution < -0.4 is 10.6 Å². The van der Waals surface area contributed by atoms with E-state index in [1.165, 1.54) is 0 Å². The van der Waals surface area contributed by atoms with E-state index in [2.05, 4.69) is 23.8 Å². The van der Waals surface area contributed by atoms with E-state index in [0.717, 1.165) is 0 Å². The molecule has 2 amide bonds. The van der Waals surface area contributed by atoms with E-state index in [0.29, 0.717) is 11.1 Å². The summed E-state index contributed by atoms with van der Waals surface area (Å²) < 4.78 is 32.8. The number of hydrogen-bond acceptors (Lipinski definition) is 8. The van der Waals surface area contributed by atoms with E-state index in [4.69, 9.17) is 18.3 Å². The first kappa shape index (κ1) is 26.0. The van der Waals surface area contributed by atoms with Crippen LogP contribution in [0, 0.1) is 0 Å². The van der Waals surface area contributed by atoms with Crippen LogP contribution in [0.5, 0.6) is 0 Å². The van der Waals surface area contributed by atoms with Crippen LogP contribution in [0.4, 0.5) is 0 Å². The average molecular weight is 420 g/mol. The van der Waals surface area contributed by atoms with Crippen molar-refractivity contribution in [2.45, 2.75) is 27.2 Å². The van der Waals surface area contributed by atoms with Gasteiger partial charge in [-0.05, 0) is 13.8 Å². The molecule has 0 bridgehead atoms. The molecule has 0 aliphatic rings. The molecular formula is C17H29N2O8P. The van der Waals surface area contributed by atoms with Crippen molar-refractivity contribution in [2.24, 2.45) is 0 Å². The number of nitrogens with one attached hydrogen (secondary N) is 2. The highest BCUT2D eigenvalue weighted by Crippen LogP contribution is 2.48. The lowest BCUT2D eigenvalue weighted by Gasteiger charge is -2.18. The van der Waals surface area contributed by atoms with Crippen molar-refractivity contribution < 1.29 is 37.3 Å². The fourth-order valence-corrected chi connectivity index (χ4v) is 2.62. The molecule has 0 heterocycles. The van der Waals surface area contributed by atoms with Crippen LogP contribution in [0.1, 0.15) is 27.2 Å². The summed E-state index contributed by atoms with van der Waals surface area (Å²) in [5, 5.41) is 5.01. The molecule has 0 fully saturated rings. The van der Waals surface area contributed by atoms with Gasteiger partial charge in [-0.15, -0.1) is 0 Å². The standard InChI is InChI=1S/C17H29N2O8P/c1-6-15(20)24-11-12-27-28(23,25-9-7-18-16(21)13(2)3)26-10-8-19-17(22)14(4)5/h2,4,6-12H2,1,3,5H3,(H,18,21)(H,19,22). The summed E-state index contributed by atoms with van der Waals surface area (Å²) in [5.41, 5.74) is 0.642. The molecule has 0 rings (SSSR count). The van der Waals surface area contributed by atoms with Crippen LogP contribution in [0.25, 0.3) is 0 Å². The lowest BCUT2D eigenvalue weighted by molar-refractivity contribution is -0.144. The summed E-state index contributed by atoms with van der Waals surface area (Å²) in [4.78, 5) is 33.9. The van der Waals surface area contributed by atoms with Crippen LogP contribution in [0.3, 0.4) is 0 Å². The summed E-state index contributed by atoms with van der Waals surface area (Å²) in [5.74, 6) is -1.16. The molecule has 0 aliphatic carbocycles. The number of carbonyl (C=O) groups is 3. The summed E-state index contributed by atoms with van der Waals surface area (Å²) in [6, 6.07) is 0. The Balaban J connectivity index is 4.49. The Kier molecular flexibility index (Phi) is 13.1. The van der Waals surface area contributed by atoms with Gasteiger partial charge in [0.2, 0.25) is 11.8 Å². The SMILES string of the molecule is C=C(C)C(=O)NCCOP(=O)(OCCNC(=O)C(=C)C)OCCOC(=O)CC. The highest BCUT2D eigenvalue weighted by molar-refractivity contribution is 7.48. The van der Waals surface area contributed by atoms with Gasteiger partial charge in [0, 0.05) is 30.7 Å². The molecule has 0 atom stereocenters. The van der Waals surface area contributed by atoms with Crippen molar-refractivity contribution in [2.75, 3.05) is 39.5 Å². The summed E-state index contributed by atoms with van der Waals surface area (Å²) >= 11 is 0. The van der Waals surface area contributed by atoms with Gasteiger partial charge in [0.1, 0.15) is 6.61 Å². The van der Waals surface area contributed by atoms with Gasteiger partial charge in [0.15, 0.2) is 0 Å². The summed E-state index contributed by atoms with van der Waals surface area (Å²) in [6.45, 7) is 11.2. The first-order valence-electron chi connectivity index (χ1n) is 8.68. The van der Waals surface area contributed by atoms with Crippen molar-refractivity contribution in [1.29, 1.82) is 0 Å². The van der Waals surface area contributed by atoms with E-state index in [1.807, 2.05) is 0 Å². The van der Waals surface area contributed by atoms with Gasteiger partial charge in [0.05, 0.1) is 19.8 Å². The monoisotopic (exact) mass is 420 g/mol. The molecule has 11 heteroatoms. The number of esters is 1. The number of hydrogen-bond donors (Lipinski definition) is 2. The third kappa shape index (κ3) is 12.4. The van der Waals surface area contributed by atoms with E-state index in [1.54, 1.807) is 20.8 Å². The Morgan fingerprint density at radius 2 is 1.25 bits per heavy atom. The van der Waals surface area contributed by atoms with E-state index in [-0.39, 0.29) is 57.8 Å². The minimum absolute atomic E-state index is 0.0552. The number of ether oxygens (including phenoxy) is 1. The zero-order chi connectivity index (χ0) is 21.6. The van der Waals surface area contributed by atoms with Crippen molar-refractivity contribution >= 4 is 25.6 Å². The molecular weight excluding hydrogens is 391 g/mol. The number of phosphoric ester groups is 1. The van der Waals surface area contributed by atoms with Gasteiger partial charge in [0.25, 0.3) is 0 Å². The second-order valence-corrected chi connectivity index (χ2v) is 7.26. The van der Waals surface area contributed by atoms with Crippen molar-refractivity contribution in [3.8, 4) is 0 Å². The number of phosphoric acid groups is 1. The fraction of sp³-hybridized carbons (Fsp3) is 0.588. The molecule has 0 aromatic carbocycles. The van der Waals surface area contributed by atoms with Gasteiger partial charge in [-0.2, -0.15) is 0 Å². The highest BCUT2D eigenvalue weighted by Gasteiger charge is 2.26. The third-order valence-electron chi connectivity index (χ3n) is 2.93. The van der Waals surface area contributed by atoms with Gasteiger partial charge < -0.3 is 15.4 Å². The first-order chi connectivity index (χ1) is 13.1. The summed E-state index contributed by atoms with van der Waals surface area (Å²) in [7, 11) is -3.99. The quantitative estimate of drug-likeness (QED) is 0.176. The maximum absolute atomic E-state index is 12.6. The Labute approximate surface area is 165 Å². The zero-order valence-corrected chi connectivity index (χ0v) is 17.5. The smallest absolute Gasteiger partial charge is 0.463 e. The molecule has 0 aliphatic heterocycles. The van der Waals surface area contributed by atoms with Crippen molar-refractivity contribution in [1.82, 2.24) is 10.6 Å². The molecule has 160 valence electrons. The largest absolute Gasteiger partial charge is 0.475 e. The average Bonchev–Trinajstić information content (AvgIpc) is 2.65. The van der Waals surface area contributed by atoms with Gasteiger partial charge >= 0.3 is 13.8 Å². The lowest BCUT2D eigenvalue weighted by Crippen LogP contribution is -2.28. The molecule has 0 unspecified atom stereocenters. The first-order valence-corrected chi connectivity index (χ1v) is 10.1. The maximum Gasteiger partial charge on any atom is 0.475 e. The fourth-order valence-electron chi connectivity index (χ4n) is 1.46. The van der Waals surface area contributed by atoms with Crippen LogP contribution >= 0.6 is 7.82 Å². The molecule has 0 aromatic rings. The Morgan fingerprint density at radius 1 is 0.821 bits per heavy atom. The maximum atomic E-state index is 12.6. The Hall–Kier alpha value is -2.00. The minimum atomic E-state index is -3.99. The molecule has 0 radical (unpaired) electrons. The zero-order valence-electron chi connectivity index (χ0n) is 16.6. The Morgan fingerprint density at radius 3 is 1.64 bits per heavy atom.